The topological polar surface area (TPSA) is 93.5 Å². The first-order chi connectivity index (χ1) is 16.3. The molecule has 4 atom stereocenters. The maximum absolute atomic E-state index is 13.1. The van der Waals surface area contributed by atoms with Crippen LogP contribution in [0.4, 0.5) is 5.69 Å². The van der Waals surface area contributed by atoms with Gasteiger partial charge in [-0.1, -0.05) is 59.6 Å². The van der Waals surface area contributed by atoms with Crippen LogP contribution in [0.5, 0.6) is 5.75 Å². The zero-order valence-corrected chi connectivity index (χ0v) is 19.6. The molecule has 174 valence electrons. The third-order valence-electron chi connectivity index (χ3n) is 6.62. The molecule has 7 nitrogen and oxygen atoms in total. The van der Waals surface area contributed by atoms with Crippen molar-refractivity contribution in [3.63, 3.8) is 0 Å². The molecule has 0 bridgehead atoms. The van der Waals surface area contributed by atoms with Crippen molar-refractivity contribution in [2.45, 2.75) is 37.1 Å². The highest BCUT2D eigenvalue weighted by atomic mass is 35.5. The van der Waals surface area contributed by atoms with Crippen LogP contribution in [0.3, 0.4) is 0 Å². The van der Waals surface area contributed by atoms with Gasteiger partial charge in [-0.15, -0.1) is 0 Å². The SMILES string of the molecule is C[C@@H]1N[C@]2(C(=O)Nc3ccccc32)[C@H]([N+](=O)[O-])[C@@H]1c1ccc(OCc2ccc(Cl)c(Cl)c2)cc1. The summed E-state index contributed by atoms with van der Waals surface area (Å²) in [6.45, 7) is 2.17. The molecule has 0 radical (unpaired) electrons. The minimum absolute atomic E-state index is 0.301. The Kier molecular flexibility index (Phi) is 5.72. The molecule has 0 aromatic heterocycles. The van der Waals surface area contributed by atoms with Crippen molar-refractivity contribution in [3.05, 3.63) is 104 Å². The second kappa shape index (κ2) is 8.58. The normalized spacial score (nSPS) is 25.3. The highest BCUT2D eigenvalue weighted by molar-refractivity contribution is 6.42. The number of anilines is 1. The summed E-state index contributed by atoms with van der Waals surface area (Å²) in [5, 5.41) is 19.4. The number of para-hydroxylation sites is 1. The van der Waals surface area contributed by atoms with Gasteiger partial charge in [-0.2, -0.15) is 0 Å². The summed E-state index contributed by atoms with van der Waals surface area (Å²) in [5.41, 5.74) is 1.42. The lowest BCUT2D eigenvalue weighted by Gasteiger charge is -2.25. The van der Waals surface area contributed by atoms with Crippen LogP contribution in [-0.4, -0.2) is 22.9 Å². The van der Waals surface area contributed by atoms with E-state index in [1.807, 2.05) is 25.1 Å². The minimum atomic E-state index is -1.42. The van der Waals surface area contributed by atoms with Crippen molar-refractivity contribution >= 4 is 34.8 Å². The van der Waals surface area contributed by atoms with E-state index in [4.69, 9.17) is 27.9 Å². The third-order valence-corrected chi connectivity index (χ3v) is 7.36. The Hall–Kier alpha value is -3.13. The monoisotopic (exact) mass is 497 g/mol. The molecule has 2 heterocycles. The molecule has 1 fully saturated rings. The van der Waals surface area contributed by atoms with E-state index >= 15 is 0 Å². The summed E-state index contributed by atoms with van der Waals surface area (Å²) in [6, 6.07) is 18.1. The van der Waals surface area contributed by atoms with Crippen LogP contribution in [0.2, 0.25) is 10.0 Å². The van der Waals surface area contributed by atoms with Crippen LogP contribution in [0, 0.1) is 10.1 Å². The Bertz CT molecular complexity index is 1280. The summed E-state index contributed by atoms with van der Waals surface area (Å²) in [6.07, 6.45) is 0. The highest BCUT2D eigenvalue weighted by Crippen LogP contribution is 2.49. The first-order valence-corrected chi connectivity index (χ1v) is 11.6. The fourth-order valence-corrected chi connectivity index (χ4v) is 5.46. The molecule has 3 aromatic carbocycles. The summed E-state index contributed by atoms with van der Waals surface area (Å²) in [7, 11) is 0. The molecule has 5 rings (SSSR count). The van der Waals surface area contributed by atoms with E-state index in [1.54, 1.807) is 48.5 Å². The maximum atomic E-state index is 13.1. The first-order valence-electron chi connectivity index (χ1n) is 10.8. The molecule has 2 aliphatic heterocycles. The van der Waals surface area contributed by atoms with E-state index in [9.17, 15) is 14.9 Å². The zero-order chi connectivity index (χ0) is 24.0. The summed E-state index contributed by atoms with van der Waals surface area (Å²) in [4.78, 5) is 25.1. The van der Waals surface area contributed by atoms with Gasteiger partial charge in [0.1, 0.15) is 12.4 Å². The number of nitrogens with zero attached hydrogens (tertiary/aromatic N) is 1. The van der Waals surface area contributed by atoms with Gasteiger partial charge >= 0.3 is 0 Å². The van der Waals surface area contributed by atoms with Crippen molar-refractivity contribution in [1.29, 1.82) is 0 Å². The number of ether oxygens (including phenoxy) is 1. The molecule has 1 amide bonds. The first kappa shape index (κ1) is 22.7. The van der Waals surface area contributed by atoms with Gasteiger partial charge in [0.15, 0.2) is 5.54 Å². The van der Waals surface area contributed by atoms with Gasteiger partial charge in [0.2, 0.25) is 0 Å². The second-order valence-electron chi connectivity index (χ2n) is 8.60. The van der Waals surface area contributed by atoms with E-state index in [-0.39, 0.29) is 11.0 Å². The van der Waals surface area contributed by atoms with E-state index in [0.29, 0.717) is 33.7 Å². The number of amides is 1. The fourth-order valence-electron chi connectivity index (χ4n) is 5.14. The van der Waals surface area contributed by atoms with Crippen molar-refractivity contribution in [3.8, 4) is 5.75 Å². The Morgan fingerprint density at radius 1 is 1.06 bits per heavy atom. The van der Waals surface area contributed by atoms with E-state index in [2.05, 4.69) is 10.6 Å². The zero-order valence-electron chi connectivity index (χ0n) is 18.1. The lowest BCUT2D eigenvalue weighted by atomic mass is 9.78. The van der Waals surface area contributed by atoms with Crippen LogP contribution < -0.4 is 15.4 Å². The van der Waals surface area contributed by atoms with E-state index in [1.165, 1.54) is 0 Å². The standard InChI is InChI=1S/C25H21Cl2N3O4/c1-14-22(16-7-9-17(10-8-16)34-13-15-6-11-19(26)20(27)12-15)23(30(32)33)25(29-14)18-4-2-3-5-21(18)28-24(25)31/h2-12,14,22-23,29H,13H2,1H3,(H,28,31)/t14-,22-,23+,25-/m0/s1. The lowest BCUT2D eigenvalue weighted by Crippen LogP contribution is -2.54. The fraction of sp³-hybridized carbons (Fsp3) is 0.240. The van der Waals surface area contributed by atoms with Crippen LogP contribution >= 0.6 is 23.2 Å². The number of halogens is 2. The molecule has 1 spiro atoms. The third kappa shape index (κ3) is 3.60. The molecular weight excluding hydrogens is 477 g/mol. The molecule has 3 aromatic rings. The minimum Gasteiger partial charge on any atom is -0.489 e. The van der Waals surface area contributed by atoms with Gasteiger partial charge in [0, 0.05) is 22.2 Å². The lowest BCUT2D eigenvalue weighted by molar-refractivity contribution is -0.532. The predicted octanol–water partition coefficient (Wildman–Crippen LogP) is 5.14. The molecule has 0 unspecified atom stereocenters. The number of hydrogen-bond acceptors (Lipinski definition) is 5. The molecular formula is C25H21Cl2N3O4. The van der Waals surface area contributed by atoms with Gasteiger partial charge in [-0.3, -0.25) is 20.2 Å². The Labute approximate surface area is 206 Å². The van der Waals surface area contributed by atoms with Crippen molar-refractivity contribution in [2.75, 3.05) is 5.32 Å². The number of hydrogen-bond donors (Lipinski definition) is 2. The average molecular weight is 498 g/mol. The Morgan fingerprint density at radius 3 is 2.50 bits per heavy atom. The largest absolute Gasteiger partial charge is 0.489 e. The van der Waals surface area contributed by atoms with Crippen LogP contribution in [0.25, 0.3) is 0 Å². The van der Waals surface area contributed by atoms with Gasteiger partial charge in [-0.25, -0.2) is 0 Å². The van der Waals surface area contributed by atoms with E-state index < -0.39 is 23.4 Å². The highest BCUT2D eigenvalue weighted by Gasteiger charge is 2.67. The number of rotatable bonds is 5. The van der Waals surface area contributed by atoms with Crippen LogP contribution in [0.15, 0.2) is 66.7 Å². The molecule has 9 heteroatoms. The maximum Gasteiger partial charge on any atom is 0.256 e. The van der Waals surface area contributed by atoms with Crippen LogP contribution in [0.1, 0.15) is 29.5 Å². The quantitative estimate of drug-likeness (QED) is 0.375. The number of carbonyl (C=O) groups excluding carboxylic acids is 1. The van der Waals surface area contributed by atoms with Gasteiger partial charge < -0.3 is 10.1 Å². The van der Waals surface area contributed by atoms with Crippen molar-refractivity contribution in [2.24, 2.45) is 0 Å². The van der Waals surface area contributed by atoms with Gasteiger partial charge in [-0.05, 0) is 48.4 Å². The Morgan fingerprint density at radius 2 is 1.79 bits per heavy atom. The molecule has 2 aliphatic rings. The number of nitrogens with one attached hydrogen (secondary N) is 2. The number of fused-ring (bicyclic) bond motifs is 2. The predicted molar refractivity (Wildman–Crippen MR) is 130 cm³/mol. The van der Waals surface area contributed by atoms with Gasteiger partial charge in [0.05, 0.1) is 16.0 Å². The number of nitro groups is 1. The van der Waals surface area contributed by atoms with Crippen molar-refractivity contribution in [1.82, 2.24) is 5.32 Å². The summed E-state index contributed by atoms with van der Waals surface area (Å²) < 4.78 is 5.85. The molecule has 0 saturated carbocycles. The number of benzene rings is 3. The summed E-state index contributed by atoms with van der Waals surface area (Å²) >= 11 is 12.0. The second-order valence-corrected chi connectivity index (χ2v) is 9.42. The molecule has 2 N–H and O–H groups in total. The molecule has 1 saturated heterocycles. The van der Waals surface area contributed by atoms with E-state index in [0.717, 1.165) is 11.1 Å². The number of carbonyl (C=O) groups is 1. The average Bonchev–Trinajstić information content (AvgIpc) is 3.29. The van der Waals surface area contributed by atoms with Gasteiger partial charge in [0.25, 0.3) is 11.9 Å². The summed E-state index contributed by atoms with van der Waals surface area (Å²) in [5.74, 6) is -0.299. The van der Waals surface area contributed by atoms with Crippen LogP contribution in [-0.2, 0) is 16.9 Å². The molecule has 0 aliphatic carbocycles. The molecule has 34 heavy (non-hydrogen) atoms. The smallest absolute Gasteiger partial charge is 0.256 e. The van der Waals surface area contributed by atoms with Crippen molar-refractivity contribution < 1.29 is 14.5 Å². The Balaban J connectivity index is 1.41.